The normalized spacial score (nSPS) is 11.2. The molecule has 0 saturated carbocycles. The van der Waals surface area contributed by atoms with Crippen LogP contribution in [0.25, 0.3) is 0 Å². The number of benzene rings is 1. The molecule has 0 radical (unpaired) electrons. The molecule has 0 spiro atoms. The Balaban J connectivity index is 3.30. The first-order valence-corrected chi connectivity index (χ1v) is 5.10. The Kier molecular flexibility index (Phi) is 2.44. The van der Waals surface area contributed by atoms with Gasteiger partial charge in [-0.15, -0.1) is 0 Å². The lowest BCUT2D eigenvalue weighted by Gasteiger charge is -2.06. The van der Waals surface area contributed by atoms with Gasteiger partial charge >= 0.3 is 0 Å². The summed E-state index contributed by atoms with van der Waals surface area (Å²) in [5, 5.41) is 7.70. The van der Waals surface area contributed by atoms with Crippen molar-refractivity contribution in [1.29, 1.82) is 0 Å². The lowest BCUT2D eigenvalue weighted by atomic mass is 10.3. The first kappa shape index (κ1) is 9.82. The number of anilines is 2. The minimum atomic E-state index is -3.65. The van der Waals surface area contributed by atoms with Gasteiger partial charge in [-0.05, 0) is 18.2 Å². The summed E-state index contributed by atoms with van der Waals surface area (Å²) in [6, 6.07) is 4.25. The van der Waals surface area contributed by atoms with Crippen LogP contribution in [-0.2, 0) is 10.0 Å². The van der Waals surface area contributed by atoms with Gasteiger partial charge in [0, 0.05) is 7.05 Å². The molecular weight excluding hydrogens is 190 g/mol. The molecule has 5 nitrogen and oxygen atoms in total. The van der Waals surface area contributed by atoms with E-state index >= 15 is 0 Å². The molecule has 1 aromatic rings. The number of nitrogens with two attached hydrogens (primary N) is 2. The zero-order valence-corrected chi connectivity index (χ0v) is 7.93. The minimum absolute atomic E-state index is 0.0473. The fourth-order valence-electron chi connectivity index (χ4n) is 0.929. The van der Waals surface area contributed by atoms with Crippen molar-refractivity contribution in [2.75, 3.05) is 18.1 Å². The van der Waals surface area contributed by atoms with E-state index in [0.717, 1.165) is 0 Å². The van der Waals surface area contributed by atoms with Crippen LogP contribution in [0.15, 0.2) is 23.1 Å². The summed E-state index contributed by atoms with van der Waals surface area (Å²) in [4.78, 5) is 0.0473. The molecule has 13 heavy (non-hydrogen) atoms. The van der Waals surface area contributed by atoms with E-state index in [2.05, 4.69) is 5.32 Å². The standard InChI is InChI=1S/C7H11N3O2S/c1-10-7-4-5(13(9,11)12)2-3-6(7)8/h2-4,10H,8H2,1H3,(H2,9,11,12). The SMILES string of the molecule is CNc1cc(S(N)(=O)=O)ccc1N. The second-order valence-corrected chi connectivity index (χ2v) is 4.11. The Morgan fingerprint density at radius 3 is 2.46 bits per heavy atom. The number of hydrogen-bond donors (Lipinski definition) is 3. The smallest absolute Gasteiger partial charge is 0.238 e. The maximum Gasteiger partial charge on any atom is 0.238 e. The van der Waals surface area contributed by atoms with Crippen LogP contribution in [0.1, 0.15) is 0 Å². The molecule has 0 aliphatic carbocycles. The van der Waals surface area contributed by atoms with Crippen molar-refractivity contribution in [2.45, 2.75) is 4.90 Å². The van der Waals surface area contributed by atoms with Crippen LogP contribution >= 0.6 is 0 Å². The quantitative estimate of drug-likeness (QED) is 0.584. The molecule has 5 N–H and O–H groups in total. The van der Waals surface area contributed by atoms with Crippen LogP contribution in [-0.4, -0.2) is 15.5 Å². The van der Waals surface area contributed by atoms with Gasteiger partial charge in [0.25, 0.3) is 0 Å². The van der Waals surface area contributed by atoms with Gasteiger partial charge in [0.05, 0.1) is 16.3 Å². The number of primary sulfonamides is 1. The van der Waals surface area contributed by atoms with Crippen LogP contribution < -0.4 is 16.2 Å². The third-order valence-electron chi connectivity index (χ3n) is 1.62. The van der Waals surface area contributed by atoms with Gasteiger partial charge in [0.2, 0.25) is 10.0 Å². The lowest BCUT2D eigenvalue weighted by Crippen LogP contribution is -2.12. The van der Waals surface area contributed by atoms with Crippen LogP contribution in [0.3, 0.4) is 0 Å². The Morgan fingerprint density at radius 2 is 2.00 bits per heavy atom. The fourth-order valence-corrected chi connectivity index (χ4v) is 1.47. The zero-order chi connectivity index (χ0) is 10.1. The number of nitrogens with one attached hydrogen (secondary N) is 1. The molecule has 6 heteroatoms. The van der Waals surface area contributed by atoms with E-state index in [1.165, 1.54) is 18.2 Å². The Labute approximate surface area is 76.8 Å². The van der Waals surface area contributed by atoms with Crippen LogP contribution in [0.2, 0.25) is 0 Å². The lowest BCUT2D eigenvalue weighted by molar-refractivity contribution is 0.598. The number of sulfonamides is 1. The third kappa shape index (κ3) is 2.10. The molecule has 0 amide bonds. The zero-order valence-electron chi connectivity index (χ0n) is 7.11. The highest BCUT2D eigenvalue weighted by Gasteiger charge is 2.08. The highest BCUT2D eigenvalue weighted by Crippen LogP contribution is 2.21. The van der Waals surface area contributed by atoms with E-state index < -0.39 is 10.0 Å². The van der Waals surface area contributed by atoms with E-state index in [9.17, 15) is 8.42 Å². The maximum absolute atomic E-state index is 10.9. The molecule has 1 aromatic carbocycles. The monoisotopic (exact) mass is 201 g/mol. The first-order valence-electron chi connectivity index (χ1n) is 3.55. The molecule has 72 valence electrons. The van der Waals surface area contributed by atoms with E-state index in [4.69, 9.17) is 10.9 Å². The summed E-state index contributed by atoms with van der Waals surface area (Å²) >= 11 is 0. The summed E-state index contributed by atoms with van der Waals surface area (Å²) in [7, 11) is -2.00. The molecule has 0 unspecified atom stereocenters. The fraction of sp³-hybridized carbons (Fsp3) is 0.143. The van der Waals surface area contributed by atoms with Crippen molar-refractivity contribution in [3.63, 3.8) is 0 Å². The van der Waals surface area contributed by atoms with Crippen LogP contribution in [0.5, 0.6) is 0 Å². The third-order valence-corrected chi connectivity index (χ3v) is 2.53. The minimum Gasteiger partial charge on any atom is -0.397 e. The molecule has 0 saturated heterocycles. The van der Waals surface area contributed by atoms with E-state index in [0.29, 0.717) is 11.4 Å². The Bertz CT molecular complexity index is 414. The molecule has 1 rings (SSSR count). The second kappa shape index (κ2) is 3.23. The predicted molar refractivity (Wildman–Crippen MR) is 51.8 cm³/mol. The van der Waals surface area contributed by atoms with Gasteiger partial charge in [-0.1, -0.05) is 0 Å². The summed E-state index contributed by atoms with van der Waals surface area (Å²) in [5.74, 6) is 0. The average Bonchev–Trinajstić information content (AvgIpc) is 2.03. The largest absolute Gasteiger partial charge is 0.397 e. The van der Waals surface area contributed by atoms with Crippen molar-refractivity contribution >= 4 is 21.4 Å². The number of hydrogen-bond acceptors (Lipinski definition) is 4. The van der Waals surface area contributed by atoms with E-state index in [-0.39, 0.29) is 4.90 Å². The molecule has 0 aromatic heterocycles. The molecule has 0 bridgehead atoms. The molecule has 0 atom stereocenters. The molecule has 0 aliphatic rings. The Morgan fingerprint density at radius 1 is 1.38 bits per heavy atom. The molecule has 0 heterocycles. The van der Waals surface area contributed by atoms with E-state index in [1.54, 1.807) is 7.05 Å². The molecule has 0 fully saturated rings. The van der Waals surface area contributed by atoms with Crippen LogP contribution in [0, 0.1) is 0 Å². The van der Waals surface area contributed by atoms with E-state index in [1.807, 2.05) is 0 Å². The number of nitrogen functional groups attached to an aromatic ring is 1. The summed E-state index contributed by atoms with van der Waals surface area (Å²) in [6.07, 6.45) is 0. The summed E-state index contributed by atoms with van der Waals surface area (Å²) < 4.78 is 21.8. The Hall–Kier alpha value is -1.27. The van der Waals surface area contributed by atoms with Gasteiger partial charge in [0.1, 0.15) is 0 Å². The topological polar surface area (TPSA) is 98.2 Å². The highest BCUT2D eigenvalue weighted by molar-refractivity contribution is 7.89. The van der Waals surface area contributed by atoms with Gasteiger partial charge in [-0.2, -0.15) is 0 Å². The van der Waals surface area contributed by atoms with Crippen molar-refractivity contribution in [2.24, 2.45) is 5.14 Å². The van der Waals surface area contributed by atoms with Gasteiger partial charge in [-0.3, -0.25) is 0 Å². The van der Waals surface area contributed by atoms with Crippen molar-refractivity contribution in [1.82, 2.24) is 0 Å². The summed E-state index contributed by atoms with van der Waals surface area (Å²) in [6.45, 7) is 0. The van der Waals surface area contributed by atoms with Crippen molar-refractivity contribution in [3.05, 3.63) is 18.2 Å². The predicted octanol–water partition coefficient (Wildman–Crippen LogP) is -0.0421. The van der Waals surface area contributed by atoms with Gasteiger partial charge < -0.3 is 11.1 Å². The average molecular weight is 201 g/mol. The molecule has 0 aliphatic heterocycles. The highest BCUT2D eigenvalue weighted by atomic mass is 32.2. The van der Waals surface area contributed by atoms with Crippen molar-refractivity contribution < 1.29 is 8.42 Å². The maximum atomic E-state index is 10.9. The van der Waals surface area contributed by atoms with Gasteiger partial charge in [0.15, 0.2) is 0 Å². The second-order valence-electron chi connectivity index (χ2n) is 2.54. The van der Waals surface area contributed by atoms with Crippen LogP contribution in [0.4, 0.5) is 11.4 Å². The van der Waals surface area contributed by atoms with Gasteiger partial charge in [-0.25, -0.2) is 13.6 Å². The summed E-state index contributed by atoms with van der Waals surface area (Å²) in [5.41, 5.74) is 6.57. The molecular formula is C7H11N3O2S. The first-order chi connectivity index (χ1) is 5.95. The number of rotatable bonds is 2. The van der Waals surface area contributed by atoms with Crippen molar-refractivity contribution in [3.8, 4) is 0 Å².